The van der Waals surface area contributed by atoms with Crippen LogP contribution in [0, 0.1) is 0 Å². The molecule has 2 aliphatic heterocycles. The lowest BCUT2D eigenvalue weighted by molar-refractivity contribution is -0.118. The van der Waals surface area contributed by atoms with Crippen LogP contribution in [0.15, 0.2) is 24.3 Å². The van der Waals surface area contributed by atoms with Crippen molar-refractivity contribution in [3.8, 4) is 0 Å². The van der Waals surface area contributed by atoms with Crippen LogP contribution < -0.4 is 11.1 Å². The fraction of sp³-hybridized carbons (Fsp3) is 0.533. The van der Waals surface area contributed by atoms with E-state index in [9.17, 15) is 4.79 Å². The number of rotatable bonds is 3. The van der Waals surface area contributed by atoms with E-state index in [1.165, 1.54) is 12.8 Å². The monoisotopic (exact) mass is 293 g/mol. The summed E-state index contributed by atoms with van der Waals surface area (Å²) < 4.78 is 0. The van der Waals surface area contributed by atoms with E-state index in [0.717, 1.165) is 18.5 Å². The molecule has 1 amide bonds. The van der Waals surface area contributed by atoms with Crippen LogP contribution in [0.4, 0.5) is 5.69 Å². The molecule has 1 aromatic carbocycles. The second kappa shape index (κ2) is 5.72. The lowest BCUT2D eigenvalue weighted by atomic mass is 9.98. The number of nitrogens with two attached hydrogens (primary N) is 1. The summed E-state index contributed by atoms with van der Waals surface area (Å²) in [5.41, 5.74) is 6.80. The molecule has 1 aromatic rings. The molecule has 2 heterocycles. The van der Waals surface area contributed by atoms with Crippen molar-refractivity contribution in [2.75, 3.05) is 11.9 Å². The van der Waals surface area contributed by atoms with Crippen LogP contribution in [-0.2, 0) is 4.79 Å². The standard InChI is InChI=1S/C15H20ClN3O/c16-10-2-1-3-12(6-10)18-15(20)9-19-13-4-5-14(19)8-11(17)7-13/h1-3,6,11,13-14H,4-5,7-9,17H2,(H,18,20). The molecule has 4 nitrogen and oxygen atoms in total. The van der Waals surface area contributed by atoms with Gasteiger partial charge in [0, 0.05) is 28.8 Å². The van der Waals surface area contributed by atoms with E-state index in [1.54, 1.807) is 12.1 Å². The summed E-state index contributed by atoms with van der Waals surface area (Å²) in [5, 5.41) is 3.55. The molecule has 0 aromatic heterocycles. The number of fused-ring (bicyclic) bond motifs is 2. The van der Waals surface area contributed by atoms with Crippen molar-refractivity contribution in [2.45, 2.75) is 43.8 Å². The fourth-order valence-corrected chi connectivity index (χ4v) is 3.70. The van der Waals surface area contributed by atoms with Gasteiger partial charge >= 0.3 is 0 Å². The van der Waals surface area contributed by atoms with Crippen LogP contribution >= 0.6 is 11.6 Å². The molecule has 2 fully saturated rings. The Morgan fingerprint density at radius 3 is 2.70 bits per heavy atom. The van der Waals surface area contributed by atoms with Crippen LogP contribution in [0.5, 0.6) is 0 Å². The number of anilines is 1. The van der Waals surface area contributed by atoms with E-state index in [2.05, 4.69) is 10.2 Å². The Morgan fingerprint density at radius 2 is 2.05 bits per heavy atom. The van der Waals surface area contributed by atoms with E-state index < -0.39 is 0 Å². The van der Waals surface area contributed by atoms with Crippen molar-refractivity contribution in [3.05, 3.63) is 29.3 Å². The third kappa shape index (κ3) is 2.97. The average Bonchev–Trinajstić information content (AvgIpc) is 2.62. The Labute approximate surface area is 124 Å². The van der Waals surface area contributed by atoms with Gasteiger partial charge in [-0.05, 0) is 43.9 Å². The molecule has 0 spiro atoms. The van der Waals surface area contributed by atoms with Gasteiger partial charge in [-0.15, -0.1) is 0 Å². The van der Waals surface area contributed by atoms with Gasteiger partial charge in [-0.2, -0.15) is 0 Å². The first-order valence-electron chi connectivity index (χ1n) is 7.18. The SMILES string of the molecule is NC1CC2CCC(C1)N2CC(=O)Nc1cccc(Cl)c1. The van der Waals surface area contributed by atoms with Crippen LogP contribution in [0.1, 0.15) is 25.7 Å². The normalized spacial score (nSPS) is 29.4. The molecule has 0 radical (unpaired) electrons. The quantitative estimate of drug-likeness (QED) is 0.898. The minimum atomic E-state index is 0.0274. The van der Waals surface area contributed by atoms with Crippen LogP contribution in [-0.4, -0.2) is 35.5 Å². The minimum absolute atomic E-state index is 0.0274. The summed E-state index contributed by atoms with van der Waals surface area (Å²) in [6, 6.07) is 8.51. The molecular formula is C15H20ClN3O. The van der Waals surface area contributed by atoms with Gasteiger partial charge in [-0.3, -0.25) is 9.69 Å². The van der Waals surface area contributed by atoms with Gasteiger partial charge < -0.3 is 11.1 Å². The van der Waals surface area contributed by atoms with Gasteiger partial charge in [0.2, 0.25) is 5.91 Å². The highest BCUT2D eigenvalue weighted by molar-refractivity contribution is 6.30. The number of halogens is 1. The summed E-state index contributed by atoms with van der Waals surface area (Å²) >= 11 is 5.92. The Bertz CT molecular complexity index is 494. The highest BCUT2D eigenvalue weighted by Gasteiger charge is 2.40. The third-order valence-electron chi connectivity index (χ3n) is 4.36. The van der Waals surface area contributed by atoms with Gasteiger partial charge in [0.05, 0.1) is 6.54 Å². The summed E-state index contributed by atoms with van der Waals surface area (Å²) in [6.45, 7) is 0.453. The number of carbonyl (C=O) groups is 1. The molecule has 2 bridgehead atoms. The number of piperidine rings is 1. The molecular weight excluding hydrogens is 274 g/mol. The first-order chi connectivity index (χ1) is 9.61. The number of nitrogens with zero attached hydrogens (tertiary/aromatic N) is 1. The Balaban J connectivity index is 1.60. The summed E-state index contributed by atoms with van der Waals surface area (Å²) in [7, 11) is 0. The van der Waals surface area contributed by atoms with Crippen molar-refractivity contribution in [3.63, 3.8) is 0 Å². The number of carbonyl (C=O) groups excluding carboxylic acids is 1. The Morgan fingerprint density at radius 1 is 1.35 bits per heavy atom. The van der Waals surface area contributed by atoms with Gasteiger partial charge in [0.1, 0.15) is 0 Å². The molecule has 0 saturated carbocycles. The lowest BCUT2D eigenvalue weighted by Gasteiger charge is -2.37. The largest absolute Gasteiger partial charge is 0.328 e. The van der Waals surface area contributed by atoms with E-state index in [0.29, 0.717) is 29.7 Å². The van der Waals surface area contributed by atoms with E-state index in [4.69, 9.17) is 17.3 Å². The lowest BCUT2D eigenvalue weighted by Crippen LogP contribution is -2.49. The third-order valence-corrected chi connectivity index (χ3v) is 4.59. The van der Waals surface area contributed by atoms with Crippen LogP contribution in [0.25, 0.3) is 0 Å². The fourth-order valence-electron chi connectivity index (χ4n) is 3.51. The molecule has 0 aliphatic carbocycles. The van der Waals surface area contributed by atoms with Crippen molar-refractivity contribution >= 4 is 23.2 Å². The molecule has 2 unspecified atom stereocenters. The van der Waals surface area contributed by atoms with Gasteiger partial charge in [-0.1, -0.05) is 17.7 Å². The number of nitrogens with one attached hydrogen (secondary N) is 1. The first kappa shape index (κ1) is 13.9. The van der Waals surface area contributed by atoms with Crippen molar-refractivity contribution in [1.29, 1.82) is 0 Å². The maximum atomic E-state index is 12.2. The average molecular weight is 294 g/mol. The molecule has 2 saturated heterocycles. The van der Waals surface area contributed by atoms with Gasteiger partial charge in [-0.25, -0.2) is 0 Å². The zero-order chi connectivity index (χ0) is 14.1. The second-order valence-electron chi connectivity index (χ2n) is 5.85. The van der Waals surface area contributed by atoms with E-state index in [-0.39, 0.29) is 5.91 Å². The zero-order valence-electron chi connectivity index (χ0n) is 11.4. The highest BCUT2D eigenvalue weighted by Crippen LogP contribution is 2.34. The second-order valence-corrected chi connectivity index (χ2v) is 6.28. The molecule has 5 heteroatoms. The van der Waals surface area contributed by atoms with Crippen molar-refractivity contribution in [2.24, 2.45) is 5.73 Å². The van der Waals surface area contributed by atoms with E-state index in [1.807, 2.05) is 12.1 Å². The number of amides is 1. The van der Waals surface area contributed by atoms with Crippen molar-refractivity contribution in [1.82, 2.24) is 4.90 Å². The predicted molar refractivity (Wildman–Crippen MR) is 80.8 cm³/mol. The Hall–Kier alpha value is -1.10. The smallest absolute Gasteiger partial charge is 0.238 e. The van der Waals surface area contributed by atoms with Gasteiger partial charge in [0.25, 0.3) is 0 Å². The Kier molecular flexibility index (Phi) is 3.96. The molecule has 3 N–H and O–H groups in total. The summed E-state index contributed by atoms with van der Waals surface area (Å²) in [4.78, 5) is 14.5. The predicted octanol–water partition coefficient (Wildman–Crippen LogP) is 2.23. The van der Waals surface area contributed by atoms with Crippen LogP contribution in [0.2, 0.25) is 5.02 Å². The maximum absolute atomic E-state index is 12.2. The topological polar surface area (TPSA) is 58.4 Å². The minimum Gasteiger partial charge on any atom is -0.328 e. The van der Waals surface area contributed by atoms with Gasteiger partial charge in [0.15, 0.2) is 0 Å². The number of hydrogen-bond donors (Lipinski definition) is 2. The molecule has 108 valence electrons. The van der Waals surface area contributed by atoms with Crippen molar-refractivity contribution < 1.29 is 4.79 Å². The number of hydrogen-bond acceptors (Lipinski definition) is 3. The molecule has 2 aliphatic rings. The first-order valence-corrected chi connectivity index (χ1v) is 7.56. The number of benzene rings is 1. The summed E-state index contributed by atoms with van der Waals surface area (Å²) in [5.74, 6) is 0.0274. The highest BCUT2D eigenvalue weighted by atomic mass is 35.5. The van der Waals surface area contributed by atoms with Crippen LogP contribution in [0.3, 0.4) is 0 Å². The summed E-state index contributed by atoms with van der Waals surface area (Å²) in [6.07, 6.45) is 4.37. The maximum Gasteiger partial charge on any atom is 0.238 e. The molecule has 20 heavy (non-hydrogen) atoms. The van der Waals surface area contributed by atoms with E-state index >= 15 is 0 Å². The molecule has 2 atom stereocenters. The zero-order valence-corrected chi connectivity index (χ0v) is 12.1. The molecule has 3 rings (SSSR count).